The summed E-state index contributed by atoms with van der Waals surface area (Å²) >= 11 is 3.53. The van der Waals surface area contributed by atoms with Crippen molar-refractivity contribution in [3.63, 3.8) is 0 Å². The highest BCUT2D eigenvalue weighted by Gasteiger charge is 2.27. The number of nitrogens with one attached hydrogen (secondary N) is 1. The molecule has 0 bridgehead atoms. The summed E-state index contributed by atoms with van der Waals surface area (Å²) < 4.78 is 16.3. The van der Waals surface area contributed by atoms with E-state index < -0.39 is 11.9 Å². The molecule has 1 aromatic rings. The molecule has 28 heavy (non-hydrogen) atoms. The Bertz CT molecular complexity index is 752. The molecule has 1 aliphatic heterocycles. The molecular formula is C19H25BrN2O6. The number of esters is 2. The van der Waals surface area contributed by atoms with Crippen molar-refractivity contribution in [2.45, 2.75) is 33.1 Å². The molecule has 0 aliphatic carbocycles. The van der Waals surface area contributed by atoms with Gasteiger partial charge in [0.2, 0.25) is 5.91 Å². The van der Waals surface area contributed by atoms with E-state index in [1.165, 1.54) is 0 Å². The number of primary amides is 1. The fraction of sp³-hybridized carbons (Fsp3) is 0.526. The summed E-state index contributed by atoms with van der Waals surface area (Å²) in [7, 11) is 0. The molecule has 8 nitrogen and oxygen atoms in total. The summed E-state index contributed by atoms with van der Waals surface area (Å²) in [4.78, 5) is 35.3. The van der Waals surface area contributed by atoms with Crippen LogP contribution in [0.1, 0.15) is 31.4 Å². The fourth-order valence-corrected chi connectivity index (χ4v) is 3.83. The van der Waals surface area contributed by atoms with Crippen LogP contribution in [0.5, 0.6) is 5.75 Å². The predicted octanol–water partition coefficient (Wildman–Crippen LogP) is 1.96. The van der Waals surface area contributed by atoms with Crippen LogP contribution in [0.3, 0.4) is 0 Å². The highest BCUT2D eigenvalue weighted by Crippen LogP contribution is 2.40. The Morgan fingerprint density at radius 3 is 2.61 bits per heavy atom. The van der Waals surface area contributed by atoms with Gasteiger partial charge in [0.25, 0.3) is 0 Å². The Hall–Kier alpha value is -2.29. The topological polar surface area (TPSA) is 117 Å². The van der Waals surface area contributed by atoms with Gasteiger partial charge in [0, 0.05) is 17.8 Å². The minimum Gasteiger partial charge on any atom is -0.480 e. The molecule has 3 N–H and O–H groups in total. The lowest BCUT2D eigenvalue weighted by Crippen LogP contribution is -2.24. The molecule has 1 amide bonds. The van der Waals surface area contributed by atoms with Crippen molar-refractivity contribution in [3.8, 4) is 5.75 Å². The van der Waals surface area contributed by atoms with E-state index >= 15 is 0 Å². The lowest BCUT2D eigenvalue weighted by Gasteiger charge is -2.18. The molecule has 0 aromatic heterocycles. The minimum absolute atomic E-state index is 0.0486. The van der Waals surface area contributed by atoms with E-state index in [0.29, 0.717) is 41.8 Å². The maximum Gasteiger partial charge on any atom is 0.344 e. The Kier molecular flexibility index (Phi) is 8.10. The standard InChI is InChI=1S/C19H25BrN2O6/c1-3-26-16(24)10-28-18-12(8-15(21)23)7-14-13(17(18)20)6-5-11(9-22-14)19(25)27-4-2/h7,11,22H,3-6,8-10H2,1-2H3,(H2,21,23). The second-order valence-electron chi connectivity index (χ2n) is 6.31. The fourth-order valence-electron chi connectivity index (χ4n) is 3.05. The molecule has 9 heteroatoms. The average Bonchev–Trinajstić information content (AvgIpc) is 2.84. The van der Waals surface area contributed by atoms with Gasteiger partial charge in [-0.25, -0.2) is 4.79 Å². The molecule has 1 atom stereocenters. The molecule has 1 aromatic carbocycles. The highest BCUT2D eigenvalue weighted by molar-refractivity contribution is 9.10. The van der Waals surface area contributed by atoms with Crippen molar-refractivity contribution in [2.75, 3.05) is 31.7 Å². The van der Waals surface area contributed by atoms with E-state index in [9.17, 15) is 14.4 Å². The van der Waals surface area contributed by atoms with E-state index in [2.05, 4.69) is 21.2 Å². The molecule has 1 unspecified atom stereocenters. The number of anilines is 1. The zero-order chi connectivity index (χ0) is 20.7. The summed E-state index contributed by atoms with van der Waals surface area (Å²) in [6, 6.07) is 1.78. The Balaban J connectivity index is 2.31. The molecule has 0 saturated carbocycles. The Morgan fingerprint density at radius 1 is 1.25 bits per heavy atom. The number of halogens is 1. The number of amides is 1. The predicted molar refractivity (Wildman–Crippen MR) is 106 cm³/mol. The van der Waals surface area contributed by atoms with Crippen molar-refractivity contribution >= 4 is 39.5 Å². The van der Waals surface area contributed by atoms with Gasteiger partial charge in [0.15, 0.2) is 6.61 Å². The van der Waals surface area contributed by atoms with Crippen molar-refractivity contribution in [1.82, 2.24) is 0 Å². The van der Waals surface area contributed by atoms with E-state index in [1.54, 1.807) is 19.9 Å². The first kappa shape index (κ1) is 22.0. The second-order valence-corrected chi connectivity index (χ2v) is 7.10. The lowest BCUT2D eigenvalue weighted by molar-refractivity contribution is -0.148. The van der Waals surface area contributed by atoms with Crippen LogP contribution >= 0.6 is 15.9 Å². The SMILES string of the molecule is CCOC(=O)COc1c(CC(N)=O)cc2c(c1Br)CCC(C(=O)OCC)CN2. The Labute approximate surface area is 172 Å². The largest absolute Gasteiger partial charge is 0.480 e. The normalized spacial score (nSPS) is 15.6. The van der Waals surface area contributed by atoms with E-state index in [-0.39, 0.29) is 31.5 Å². The molecule has 0 radical (unpaired) electrons. The van der Waals surface area contributed by atoms with Crippen molar-refractivity contribution in [2.24, 2.45) is 11.7 Å². The molecule has 1 aliphatic rings. The smallest absolute Gasteiger partial charge is 0.344 e. The van der Waals surface area contributed by atoms with Gasteiger partial charge in [0.1, 0.15) is 5.75 Å². The molecule has 0 saturated heterocycles. The maximum absolute atomic E-state index is 12.1. The summed E-state index contributed by atoms with van der Waals surface area (Å²) in [5.74, 6) is -1.17. The third-order valence-corrected chi connectivity index (χ3v) is 5.14. The van der Waals surface area contributed by atoms with Crippen LogP contribution in [0, 0.1) is 5.92 Å². The van der Waals surface area contributed by atoms with Gasteiger partial charge in [-0.1, -0.05) is 0 Å². The molecule has 1 heterocycles. The first-order valence-electron chi connectivity index (χ1n) is 9.18. The zero-order valence-corrected chi connectivity index (χ0v) is 17.6. The van der Waals surface area contributed by atoms with Gasteiger partial charge in [0.05, 0.1) is 30.0 Å². The number of nitrogens with two attached hydrogens (primary N) is 1. The van der Waals surface area contributed by atoms with Crippen molar-refractivity contribution in [3.05, 3.63) is 21.7 Å². The van der Waals surface area contributed by atoms with Crippen molar-refractivity contribution < 1.29 is 28.6 Å². The third-order valence-electron chi connectivity index (χ3n) is 4.31. The van der Waals surface area contributed by atoms with Crippen LogP contribution in [0.2, 0.25) is 0 Å². The van der Waals surface area contributed by atoms with E-state index in [1.807, 2.05) is 0 Å². The van der Waals surface area contributed by atoms with Crippen LogP contribution in [-0.2, 0) is 36.7 Å². The average molecular weight is 457 g/mol. The number of hydrogen-bond acceptors (Lipinski definition) is 7. The van der Waals surface area contributed by atoms with Crippen LogP contribution in [0.15, 0.2) is 10.5 Å². The van der Waals surface area contributed by atoms with Gasteiger partial charge >= 0.3 is 11.9 Å². The summed E-state index contributed by atoms with van der Waals surface area (Å²) in [5.41, 5.74) is 7.60. The number of carbonyl (C=O) groups is 3. The number of ether oxygens (including phenoxy) is 3. The van der Waals surface area contributed by atoms with Gasteiger partial charge in [-0.2, -0.15) is 0 Å². The van der Waals surface area contributed by atoms with Crippen LogP contribution in [0.4, 0.5) is 5.69 Å². The van der Waals surface area contributed by atoms with Gasteiger partial charge in [-0.05, 0) is 54.2 Å². The number of fused-ring (bicyclic) bond motifs is 1. The van der Waals surface area contributed by atoms with Gasteiger partial charge < -0.3 is 25.3 Å². The lowest BCUT2D eigenvalue weighted by atomic mass is 9.99. The van der Waals surface area contributed by atoms with Gasteiger partial charge in [-0.3, -0.25) is 9.59 Å². The van der Waals surface area contributed by atoms with Crippen LogP contribution in [0.25, 0.3) is 0 Å². The first-order chi connectivity index (χ1) is 13.4. The minimum atomic E-state index is -0.522. The molecule has 2 rings (SSSR count). The van der Waals surface area contributed by atoms with E-state index in [0.717, 1.165) is 11.3 Å². The molecule has 0 spiro atoms. The van der Waals surface area contributed by atoms with E-state index in [4.69, 9.17) is 19.9 Å². The highest BCUT2D eigenvalue weighted by atomic mass is 79.9. The summed E-state index contributed by atoms with van der Waals surface area (Å²) in [6.45, 7) is 4.21. The Morgan fingerprint density at radius 2 is 1.96 bits per heavy atom. The van der Waals surface area contributed by atoms with Crippen LogP contribution < -0.4 is 15.8 Å². The van der Waals surface area contributed by atoms with Crippen LogP contribution in [-0.4, -0.2) is 44.2 Å². The number of rotatable bonds is 8. The molecular weight excluding hydrogens is 432 g/mol. The molecule has 154 valence electrons. The van der Waals surface area contributed by atoms with Crippen molar-refractivity contribution in [1.29, 1.82) is 0 Å². The number of benzene rings is 1. The first-order valence-corrected chi connectivity index (χ1v) is 9.98. The maximum atomic E-state index is 12.1. The number of carbonyl (C=O) groups excluding carboxylic acids is 3. The second kappa shape index (κ2) is 10.3. The third kappa shape index (κ3) is 5.60. The molecule has 0 fully saturated rings. The van der Waals surface area contributed by atoms with Gasteiger partial charge in [-0.15, -0.1) is 0 Å². The summed E-state index contributed by atoms with van der Waals surface area (Å²) in [5, 5.41) is 3.25. The number of hydrogen-bond donors (Lipinski definition) is 2. The quantitative estimate of drug-likeness (QED) is 0.573. The zero-order valence-electron chi connectivity index (χ0n) is 16.0. The monoisotopic (exact) mass is 456 g/mol. The summed E-state index contributed by atoms with van der Waals surface area (Å²) in [6.07, 6.45) is 1.15.